The van der Waals surface area contributed by atoms with Crippen LogP contribution in [0.1, 0.15) is 15.9 Å². The highest BCUT2D eigenvalue weighted by molar-refractivity contribution is 9.10. The molecule has 0 fully saturated rings. The molecule has 0 unspecified atom stereocenters. The minimum Gasteiger partial charge on any atom is -0.294 e. The van der Waals surface area contributed by atoms with E-state index in [-0.39, 0.29) is 12.2 Å². The molecule has 1 nitrogen and oxygen atoms in total. The average molecular weight is 344 g/mol. The van der Waals surface area contributed by atoms with Crippen molar-refractivity contribution >= 4 is 44.9 Å². The number of hydrogen-bond acceptors (Lipinski definition) is 1. The van der Waals surface area contributed by atoms with Gasteiger partial charge in [-0.1, -0.05) is 45.2 Å². The molecule has 0 saturated carbocycles. The van der Waals surface area contributed by atoms with Gasteiger partial charge in [-0.3, -0.25) is 4.79 Å². The largest absolute Gasteiger partial charge is 0.294 e. The third kappa shape index (κ3) is 3.35. The van der Waals surface area contributed by atoms with Gasteiger partial charge in [0.05, 0.1) is 0 Å². The van der Waals surface area contributed by atoms with Crippen molar-refractivity contribution in [1.29, 1.82) is 0 Å². The molecule has 0 saturated heterocycles. The number of halogens is 3. The number of rotatable bonds is 3. The van der Waals surface area contributed by atoms with Crippen LogP contribution in [0.3, 0.4) is 0 Å². The molecule has 0 spiro atoms. The Hall–Kier alpha value is -0.830. The van der Waals surface area contributed by atoms with Crippen LogP contribution in [0, 0.1) is 0 Å². The zero-order chi connectivity index (χ0) is 13.1. The van der Waals surface area contributed by atoms with Crippen LogP contribution in [0.25, 0.3) is 0 Å². The lowest BCUT2D eigenvalue weighted by Crippen LogP contribution is -2.03. The Morgan fingerprint density at radius 1 is 1.06 bits per heavy atom. The molecule has 4 heteroatoms. The Kier molecular flexibility index (Phi) is 4.44. The van der Waals surface area contributed by atoms with Crippen molar-refractivity contribution in [2.75, 3.05) is 0 Å². The van der Waals surface area contributed by atoms with Gasteiger partial charge in [0.2, 0.25) is 0 Å². The summed E-state index contributed by atoms with van der Waals surface area (Å²) < 4.78 is 0.898. The Morgan fingerprint density at radius 2 is 1.72 bits per heavy atom. The van der Waals surface area contributed by atoms with Crippen molar-refractivity contribution in [3.05, 3.63) is 68.1 Å². The first kappa shape index (κ1) is 13.6. The second-order valence-corrected chi connectivity index (χ2v) is 5.60. The predicted molar refractivity (Wildman–Crippen MR) is 78.6 cm³/mol. The van der Waals surface area contributed by atoms with E-state index in [1.165, 1.54) is 0 Å². The average Bonchev–Trinajstić information content (AvgIpc) is 2.33. The summed E-state index contributed by atoms with van der Waals surface area (Å²) in [6, 6.07) is 12.4. The summed E-state index contributed by atoms with van der Waals surface area (Å²) in [5.41, 5.74) is 1.46. The molecule has 2 aromatic carbocycles. The van der Waals surface area contributed by atoms with E-state index in [1.807, 2.05) is 12.1 Å². The van der Waals surface area contributed by atoms with E-state index in [0.717, 1.165) is 10.0 Å². The maximum atomic E-state index is 12.0. The van der Waals surface area contributed by atoms with Crippen LogP contribution in [0.4, 0.5) is 0 Å². The maximum Gasteiger partial charge on any atom is 0.167 e. The van der Waals surface area contributed by atoms with E-state index in [9.17, 15) is 4.79 Å². The molecule has 0 aliphatic carbocycles. The molecular weight excluding hydrogens is 335 g/mol. The number of benzene rings is 2. The molecule has 0 amide bonds. The molecule has 0 heterocycles. The number of ketones is 1. The summed E-state index contributed by atoms with van der Waals surface area (Å²) in [5, 5.41) is 1.21. The molecule has 0 atom stereocenters. The summed E-state index contributed by atoms with van der Waals surface area (Å²) >= 11 is 15.2. The van der Waals surface area contributed by atoms with E-state index in [2.05, 4.69) is 15.9 Å². The van der Waals surface area contributed by atoms with Crippen LogP contribution in [0.15, 0.2) is 46.9 Å². The highest BCUT2D eigenvalue weighted by atomic mass is 79.9. The Balaban J connectivity index is 2.18. The molecule has 92 valence electrons. The quantitative estimate of drug-likeness (QED) is 0.701. The van der Waals surface area contributed by atoms with Gasteiger partial charge in [0.25, 0.3) is 0 Å². The van der Waals surface area contributed by atoms with Gasteiger partial charge in [-0.2, -0.15) is 0 Å². The van der Waals surface area contributed by atoms with E-state index in [1.54, 1.807) is 30.3 Å². The van der Waals surface area contributed by atoms with Crippen molar-refractivity contribution in [3.63, 3.8) is 0 Å². The third-order valence-electron chi connectivity index (χ3n) is 2.53. The van der Waals surface area contributed by atoms with Gasteiger partial charge in [0.1, 0.15) is 0 Å². The molecule has 0 N–H and O–H groups in total. The maximum absolute atomic E-state index is 12.0. The zero-order valence-electron chi connectivity index (χ0n) is 9.29. The van der Waals surface area contributed by atoms with Crippen LogP contribution < -0.4 is 0 Å². The fourth-order valence-corrected chi connectivity index (χ4v) is 2.44. The minimum absolute atomic E-state index is 0.0240. The first-order valence-electron chi connectivity index (χ1n) is 5.29. The second kappa shape index (κ2) is 5.87. The normalized spacial score (nSPS) is 10.4. The van der Waals surface area contributed by atoms with E-state index < -0.39 is 0 Å². The Morgan fingerprint density at radius 3 is 2.33 bits per heavy atom. The van der Waals surface area contributed by atoms with Gasteiger partial charge >= 0.3 is 0 Å². The van der Waals surface area contributed by atoms with Gasteiger partial charge < -0.3 is 0 Å². The first-order valence-corrected chi connectivity index (χ1v) is 6.84. The third-order valence-corrected chi connectivity index (χ3v) is 3.63. The molecule has 0 radical (unpaired) electrons. The van der Waals surface area contributed by atoms with Crippen LogP contribution in [-0.4, -0.2) is 5.78 Å². The van der Waals surface area contributed by atoms with E-state index in [0.29, 0.717) is 15.6 Å². The lowest BCUT2D eigenvalue weighted by Gasteiger charge is -2.04. The second-order valence-electron chi connectivity index (χ2n) is 3.84. The molecule has 2 rings (SSSR count). The van der Waals surface area contributed by atoms with E-state index >= 15 is 0 Å². The monoisotopic (exact) mass is 342 g/mol. The lowest BCUT2D eigenvalue weighted by molar-refractivity contribution is 0.0993. The van der Waals surface area contributed by atoms with Crippen molar-refractivity contribution in [2.45, 2.75) is 6.42 Å². The number of carbonyl (C=O) groups excluding carboxylic acids is 1. The molecule has 0 aliphatic heterocycles. The number of Topliss-reactive ketones (excluding diaryl/α,β-unsaturated/α-hetero) is 1. The summed E-state index contributed by atoms with van der Waals surface area (Å²) in [5.74, 6) is 0.0240. The van der Waals surface area contributed by atoms with E-state index in [4.69, 9.17) is 23.2 Å². The van der Waals surface area contributed by atoms with Gasteiger partial charge in [-0.05, 0) is 42.0 Å². The SMILES string of the molecule is O=C(Cc1ccc(Br)cc1Cl)c1ccc(Cl)cc1. The number of hydrogen-bond donors (Lipinski definition) is 0. The standard InChI is InChI=1S/C14H9BrCl2O/c15-11-4-1-10(13(17)8-11)7-14(18)9-2-5-12(16)6-3-9/h1-6,8H,7H2. The van der Waals surface area contributed by atoms with Gasteiger partial charge in [0.15, 0.2) is 5.78 Å². The van der Waals surface area contributed by atoms with Crippen molar-refractivity contribution in [2.24, 2.45) is 0 Å². The van der Waals surface area contributed by atoms with Gasteiger partial charge in [-0.15, -0.1) is 0 Å². The smallest absolute Gasteiger partial charge is 0.167 e. The van der Waals surface area contributed by atoms with Crippen molar-refractivity contribution < 1.29 is 4.79 Å². The lowest BCUT2D eigenvalue weighted by atomic mass is 10.0. The van der Waals surface area contributed by atoms with Crippen molar-refractivity contribution in [3.8, 4) is 0 Å². The molecule has 0 aromatic heterocycles. The molecule has 0 bridgehead atoms. The van der Waals surface area contributed by atoms with Crippen LogP contribution in [-0.2, 0) is 6.42 Å². The summed E-state index contributed by atoms with van der Waals surface area (Å²) in [6.07, 6.45) is 0.285. The fourth-order valence-electron chi connectivity index (χ4n) is 1.58. The Labute approximate surface area is 124 Å². The summed E-state index contributed by atoms with van der Waals surface area (Å²) in [6.45, 7) is 0. The minimum atomic E-state index is 0.0240. The molecule has 2 aromatic rings. The zero-order valence-corrected chi connectivity index (χ0v) is 12.4. The number of carbonyl (C=O) groups is 1. The van der Waals surface area contributed by atoms with Crippen LogP contribution in [0.5, 0.6) is 0 Å². The molecular formula is C14H9BrCl2O. The topological polar surface area (TPSA) is 17.1 Å². The fraction of sp³-hybridized carbons (Fsp3) is 0.0714. The summed E-state index contributed by atoms with van der Waals surface area (Å²) in [7, 11) is 0. The van der Waals surface area contributed by atoms with Gasteiger partial charge in [0, 0.05) is 26.5 Å². The highest BCUT2D eigenvalue weighted by Crippen LogP contribution is 2.23. The highest BCUT2D eigenvalue weighted by Gasteiger charge is 2.09. The van der Waals surface area contributed by atoms with Gasteiger partial charge in [-0.25, -0.2) is 0 Å². The molecule has 18 heavy (non-hydrogen) atoms. The van der Waals surface area contributed by atoms with Crippen molar-refractivity contribution in [1.82, 2.24) is 0 Å². The first-order chi connectivity index (χ1) is 8.56. The summed E-state index contributed by atoms with van der Waals surface area (Å²) in [4.78, 5) is 12.0. The predicted octanol–water partition coefficient (Wildman–Crippen LogP) is 5.18. The molecule has 0 aliphatic rings. The van der Waals surface area contributed by atoms with Crippen LogP contribution in [0.2, 0.25) is 10.0 Å². The Bertz CT molecular complexity index is 579. The van der Waals surface area contributed by atoms with Crippen LogP contribution >= 0.6 is 39.1 Å².